The number of ether oxygens (including phenoxy) is 2. The first-order chi connectivity index (χ1) is 12.6. The van der Waals surface area contributed by atoms with E-state index in [0.717, 1.165) is 0 Å². The fourth-order valence-electron chi connectivity index (χ4n) is 2.15. The Bertz CT molecular complexity index is 864. The van der Waals surface area contributed by atoms with Gasteiger partial charge in [-0.25, -0.2) is 4.79 Å². The van der Waals surface area contributed by atoms with Crippen LogP contribution in [-0.4, -0.2) is 25.6 Å². The van der Waals surface area contributed by atoms with Crippen molar-refractivity contribution < 1.29 is 19.1 Å². The Balaban J connectivity index is 2.12. The molecule has 0 atom stereocenters. The van der Waals surface area contributed by atoms with Gasteiger partial charge in [0.05, 0.1) is 19.3 Å². The van der Waals surface area contributed by atoms with Crippen LogP contribution >= 0.6 is 0 Å². The quantitative estimate of drug-likeness (QED) is 0.490. The molecule has 0 aromatic heterocycles. The van der Waals surface area contributed by atoms with E-state index in [1.54, 1.807) is 62.6 Å². The molecule has 0 unspecified atom stereocenters. The first-order valence-corrected chi connectivity index (χ1v) is 7.91. The SMILES string of the molecule is CCOC(=O)c1ccc(NC(=O)/C(C#N)=C/c2cccc(OC)c2)cc1. The topological polar surface area (TPSA) is 88.4 Å². The summed E-state index contributed by atoms with van der Waals surface area (Å²) < 4.78 is 10.0. The fraction of sp³-hybridized carbons (Fsp3) is 0.150. The summed E-state index contributed by atoms with van der Waals surface area (Å²) in [4.78, 5) is 23.9. The van der Waals surface area contributed by atoms with E-state index in [1.165, 1.54) is 6.08 Å². The molecule has 0 bridgehead atoms. The molecule has 0 fully saturated rings. The van der Waals surface area contributed by atoms with Gasteiger partial charge in [-0.2, -0.15) is 5.26 Å². The Morgan fingerprint density at radius 1 is 1.19 bits per heavy atom. The monoisotopic (exact) mass is 350 g/mol. The van der Waals surface area contributed by atoms with Gasteiger partial charge in [-0.05, 0) is 55.0 Å². The summed E-state index contributed by atoms with van der Waals surface area (Å²) in [6.45, 7) is 2.02. The smallest absolute Gasteiger partial charge is 0.338 e. The number of amides is 1. The largest absolute Gasteiger partial charge is 0.497 e. The Hall–Kier alpha value is -3.59. The number of carbonyl (C=O) groups excluding carboxylic acids is 2. The van der Waals surface area contributed by atoms with Crippen LogP contribution in [-0.2, 0) is 9.53 Å². The molecule has 2 rings (SSSR count). The molecule has 0 heterocycles. The molecule has 1 N–H and O–H groups in total. The van der Waals surface area contributed by atoms with Gasteiger partial charge in [-0.1, -0.05) is 12.1 Å². The van der Waals surface area contributed by atoms with Gasteiger partial charge in [0, 0.05) is 5.69 Å². The molecule has 26 heavy (non-hydrogen) atoms. The number of benzene rings is 2. The van der Waals surface area contributed by atoms with Crippen molar-refractivity contribution in [3.8, 4) is 11.8 Å². The van der Waals surface area contributed by atoms with E-state index in [0.29, 0.717) is 22.6 Å². The van der Waals surface area contributed by atoms with Crippen molar-refractivity contribution >= 4 is 23.6 Å². The van der Waals surface area contributed by atoms with Crippen LogP contribution in [0.1, 0.15) is 22.8 Å². The number of carbonyl (C=O) groups is 2. The van der Waals surface area contributed by atoms with Gasteiger partial charge in [0.15, 0.2) is 0 Å². The van der Waals surface area contributed by atoms with Crippen LogP contribution in [0, 0.1) is 11.3 Å². The Kier molecular flexibility index (Phi) is 6.52. The minimum Gasteiger partial charge on any atom is -0.497 e. The van der Waals surface area contributed by atoms with Gasteiger partial charge in [0.1, 0.15) is 17.4 Å². The number of nitrogens with zero attached hydrogens (tertiary/aromatic N) is 1. The van der Waals surface area contributed by atoms with Crippen LogP contribution in [0.25, 0.3) is 6.08 Å². The Labute approximate surface area is 151 Å². The highest BCUT2D eigenvalue weighted by Gasteiger charge is 2.11. The number of anilines is 1. The average molecular weight is 350 g/mol. The fourth-order valence-corrected chi connectivity index (χ4v) is 2.15. The minimum atomic E-state index is -0.542. The van der Waals surface area contributed by atoms with E-state index in [2.05, 4.69) is 5.32 Å². The maximum absolute atomic E-state index is 12.3. The molecular formula is C20H18N2O4. The van der Waals surface area contributed by atoms with E-state index in [4.69, 9.17) is 9.47 Å². The number of rotatable bonds is 6. The summed E-state index contributed by atoms with van der Waals surface area (Å²) in [6.07, 6.45) is 1.48. The lowest BCUT2D eigenvalue weighted by Gasteiger charge is -2.06. The number of nitrogens with one attached hydrogen (secondary N) is 1. The lowest BCUT2D eigenvalue weighted by molar-refractivity contribution is -0.112. The summed E-state index contributed by atoms with van der Waals surface area (Å²) in [5.74, 6) is -0.341. The highest BCUT2D eigenvalue weighted by molar-refractivity contribution is 6.09. The summed E-state index contributed by atoms with van der Waals surface area (Å²) in [7, 11) is 1.54. The molecule has 6 heteroatoms. The van der Waals surface area contributed by atoms with Gasteiger partial charge in [-0.15, -0.1) is 0 Å². The minimum absolute atomic E-state index is 0.0484. The van der Waals surface area contributed by atoms with E-state index in [1.807, 2.05) is 6.07 Å². The van der Waals surface area contributed by atoms with E-state index in [-0.39, 0.29) is 12.2 Å². The molecule has 0 saturated carbocycles. The molecule has 1 amide bonds. The highest BCUT2D eigenvalue weighted by Crippen LogP contribution is 2.17. The van der Waals surface area contributed by atoms with Crippen molar-refractivity contribution in [1.82, 2.24) is 0 Å². The predicted octanol–water partition coefficient (Wildman–Crippen LogP) is 3.42. The van der Waals surface area contributed by atoms with Crippen LogP contribution in [0.15, 0.2) is 54.1 Å². The zero-order valence-corrected chi connectivity index (χ0v) is 14.5. The van der Waals surface area contributed by atoms with Crippen LogP contribution in [0.3, 0.4) is 0 Å². The van der Waals surface area contributed by atoms with Crippen LogP contribution in [0.4, 0.5) is 5.69 Å². The van der Waals surface area contributed by atoms with Crippen LogP contribution in [0.2, 0.25) is 0 Å². The van der Waals surface area contributed by atoms with E-state index < -0.39 is 11.9 Å². The van der Waals surface area contributed by atoms with Crippen LogP contribution < -0.4 is 10.1 Å². The zero-order valence-electron chi connectivity index (χ0n) is 14.5. The average Bonchev–Trinajstić information content (AvgIpc) is 2.67. The van der Waals surface area contributed by atoms with E-state index >= 15 is 0 Å². The number of hydrogen-bond acceptors (Lipinski definition) is 5. The molecule has 0 saturated heterocycles. The summed E-state index contributed by atoms with van der Waals surface area (Å²) >= 11 is 0. The molecule has 0 radical (unpaired) electrons. The number of nitriles is 1. The maximum Gasteiger partial charge on any atom is 0.338 e. The third-order valence-corrected chi connectivity index (χ3v) is 3.42. The van der Waals surface area contributed by atoms with E-state index in [9.17, 15) is 14.9 Å². The molecule has 2 aromatic rings. The van der Waals surface area contributed by atoms with Crippen molar-refractivity contribution in [2.24, 2.45) is 0 Å². The normalized spacial score (nSPS) is 10.6. The number of methoxy groups -OCH3 is 1. The molecule has 2 aromatic carbocycles. The Morgan fingerprint density at radius 2 is 1.92 bits per heavy atom. The van der Waals surface area contributed by atoms with Crippen molar-refractivity contribution in [3.05, 3.63) is 65.2 Å². The molecule has 132 valence electrons. The van der Waals surface area contributed by atoms with Crippen molar-refractivity contribution in [2.75, 3.05) is 19.0 Å². The summed E-state index contributed by atoms with van der Waals surface area (Å²) in [6, 6.07) is 15.2. The van der Waals surface area contributed by atoms with Crippen molar-refractivity contribution in [1.29, 1.82) is 5.26 Å². The molecule has 0 spiro atoms. The van der Waals surface area contributed by atoms with Gasteiger partial charge in [0.2, 0.25) is 0 Å². The lowest BCUT2D eigenvalue weighted by atomic mass is 10.1. The molecule has 0 aliphatic carbocycles. The van der Waals surface area contributed by atoms with Crippen LogP contribution in [0.5, 0.6) is 5.75 Å². The molecule has 0 aliphatic rings. The van der Waals surface area contributed by atoms with Gasteiger partial charge < -0.3 is 14.8 Å². The second-order valence-corrected chi connectivity index (χ2v) is 5.20. The Morgan fingerprint density at radius 3 is 2.54 bits per heavy atom. The number of hydrogen-bond donors (Lipinski definition) is 1. The second kappa shape index (κ2) is 9.04. The molecule has 6 nitrogen and oxygen atoms in total. The number of esters is 1. The highest BCUT2D eigenvalue weighted by atomic mass is 16.5. The third-order valence-electron chi connectivity index (χ3n) is 3.42. The lowest BCUT2D eigenvalue weighted by Crippen LogP contribution is -2.13. The van der Waals surface area contributed by atoms with Crippen molar-refractivity contribution in [2.45, 2.75) is 6.92 Å². The third kappa shape index (κ3) is 4.95. The van der Waals surface area contributed by atoms with Gasteiger partial charge in [-0.3, -0.25) is 4.79 Å². The first-order valence-electron chi connectivity index (χ1n) is 7.91. The van der Waals surface area contributed by atoms with Crippen molar-refractivity contribution in [3.63, 3.8) is 0 Å². The summed E-state index contributed by atoms with van der Waals surface area (Å²) in [5, 5.41) is 11.9. The zero-order chi connectivity index (χ0) is 18.9. The first kappa shape index (κ1) is 18.7. The molecular weight excluding hydrogens is 332 g/mol. The molecule has 0 aliphatic heterocycles. The standard InChI is InChI=1S/C20H18N2O4/c1-3-26-20(24)15-7-9-17(10-8-15)22-19(23)16(13-21)11-14-5-4-6-18(12-14)25-2/h4-12H,3H2,1-2H3,(H,22,23)/b16-11+. The maximum atomic E-state index is 12.3. The van der Waals surface area contributed by atoms with Gasteiger partial charge in [0.25, 0.3) is 5.91 Å². The van der Waals surface area contributed by atoms with Gasteiger partial charge >= 0.3 is 5.97 Å². The summed E-state index contributed by atoms with van der Waals surface area (Å²) in [5.41, 5.74) is 1.48. The second-order valence-electron chi connectivity index (χ2n) is 5.20. The predicted molar refractivity (Wildman–Crippen MR) is 97.6 cm³/mol.